The molecule has 1 aromatic carbocycles. The van der Waals surface area contributed by atoms with Crippen molar-refractivity contribution in [2.75, 3.05) is 7.05 Å². The summed E-state index contributed by atoms with van der Waals surface area (Å²) in [6.45, 7) is 9.26. The Morgan fingerprint density at radius 1 is 1.25 bits per heavy atom. The molecule has 1 saturated carbocycles. The van der Waals surface area contributed by atoms with Crippen LogP contribution in [0.15, 0.2) is 18.2 Å². The van der Waals surface area contributed by atoms with E-state index in [1.165, 1.54) is 17.5 Å². The third-order valence-electron chi connectivity index (χ3n) is 5.29. The molecule has 0 radical (unpaired) electrons. The second-order valence-electron chi connectivity index (χ2n) is 7.70. The molecule has 0 saturated heterocycles. The summed E-state index contributed by atoms with van der Waals surface area (Å²) in [6, 6.07) is 7.01. The molecule has 1 aliphatic carbocycles. The van der Waals surface area contributed by atoms with E-state index in [0.29, 0.717) is 17.4 Å². The lowest BCUT2D eigenvalue weighted by molar-refractivity contribution is -0.00200. The normalized spacial score (nSPS) is 34.9. The summed E-state index contributed by atoms with van der Waals surface area (Å²) >= 11 is 0. The van der Waals surface area contributed by atoms with E-state index >= 15 is 0 Å². The standard InChI is InChI=1S/C18H27NO/c1-12-6-7-16-14(8-12)15(19-5)10-18(20-16)11-17(3,4)9-13(18)2/h6-8,13,15,19H,9-11H2,1-5H3. The lowest BCUT2D eigenvalue weighted by Crippen LogP contribution is -2.46. The van der Waals surface area contributed by atoms with Gasteiger partial charge in [0, 0.05) is 18.0 Å². The summed E-state index contributed by atoms with van der Waals surface area (Å²) in [6.07, 6.45) is 3.50. The summed E-state index contributed by atoms with van der Waals surface area (Å²) in [4.78, 5) is 0. The molecule has 0 bridgehead atoms. The summed E-state index contributed by atoms with van der Waals surface area (Å²) in [5.74, 6) is 1.70. The third kappa shape index (κ3) is 2.14. The van der Waals surface area contributed by atoms with E-state index in [2.05, 4.69) is 58.3 Å². The molecule has 1 N–H and O–H groups in total. The minimum atomic E-state index is 0.0133. The fraction of sp³-hybridized carbons (Fsp3) is 0.667. The van der Waals surface area contributed by atoms with E-state index in [0.717, 1.165) is 18.6 Å². The van der Waals surface area contributed by atoms with Gasteiger partial charge in [-0.1, -0.05) is 38.5 Å². The van der Waals surface area contributed by atoms with Crippen LogP contribution in [0.3, 0.4) is 0 Å². The maximum atomic E-state index is 6.58. The van der Waals surface area contributed by atoms with Gasteiger partial charge in [0.1, 0.15) is 11.4 Å². The monoisotopic (exact) mass is 273 g/mol. The molecule has 2 heteroatoms. The molecule has 20 heavy (non-hydrogen) atoms. The van der Waals surface area contributed by atoms with Crippen LogP contribution >= 0.6 is 0 Å². The number of rotatable bonds is 1. The Labute approximate surface area is 122 Å². The highest BCUT2D eigenvalue weighted by atomic mass is 16.5. The van der Waals surface area contributed by atoms with Crippen molar-refractivity contribution in [2.24, 2.45) is 11.3 Å². The molecule has 3 unspecified atom stereocenters. The van der Waals surface area contributed by atoms with Crippen LogP contribution in [0.1, 0.15) is 57.2 Å². The lowest BCUT2D eigenvalue weighted by Gasteiger charge is -2.43. The first-order chi connectivity index (χ1) is 9.35. The van der Waals surface area contributed by atoms with Crippen LogP contribution in [-0.2, 0) is 0 Å². The van der Waals surface area contributed by atoms with Crippen molar-refractivity contribution in [3.63, 3.8) is 0 Å². The molecule has 2 nitrogen and oxygen atoms in total. The zero-order valence-electron chi connectivity index (χ0n) is 13.4. The lowest BCUT2D eigenvalue weighted by atomic mass is 9.80. The molecule has 0 aromatic heterocycles. The van der Waals surface area contributed by atoms with Gasteiger partial charge in [-0.25, -0.2) is 0 Å². The first-order valence-electron chi connectivity index (χ1n) is 7.82. The van der Waals surface area contributed by atoms with E-state index in [9.17, 15) is 0 Å². The van der Waals surface area contributed by atoms with Gasteiger partial charge in [0.25, 0.3) is 0 Å². The van der Waals surface area contributed by atoms with Gasteiger partial charge in [0.05, 0.1) is 0 Å². The van der Waals surface area contributed by atoms with Crippen LogP contribution in [-0.4, -0.2) is 12.6 Å². The van der Waals surface area contributed by atoms with Crippen LogP contribution in [0.2, 0.25) is 0 Å². The van der Waals surface area contributed by atoms with E-state index in [1.54, 1.807) is 0 Å². The second-order valence-corrected chi connectivity index (χ2v) is 7.70. The van der Waals surface area contributed by atoms with Crippen molar-refractivity contribution in [3.8, 4) is 5.75 Å². The van der Waals surface area contributed by atoms with Crippen molar-refractivity contribution >= 4 is 0 Å². The molecule has 110 valence electrons. The van der Waals surface area contributed by atoms with Crippen molar-refractivity contribution in [3.05, 3.63) is 29.3 Å². The van der Waals surface area contributed by atoms with Gasteiger partial charge in [-0.05, 0) is 44.2 Å². The number of hydrogen-bond acceptors (Lipinski definition) is 2. The Kier molecular flexibility index (Phi) is 3.13. The van der Waals surface area contributed by atoms with Crippen molar-refractivity contribution in [1.82, 2.24) is 5.32 Å². The van der Waals surface area contributed by atoms with Gasteiger partial charge in [-0.15, -0.1) is 0 Å². The summed E-state index contributed by atoms with van der Waals surface area (Å²) in [5.41, 5.74) is 3.04. The molecule has 1 fully saturated rings. The largest absolute Gasteiger partial charge is 0.487 e. The van der Waals surface area contributed by atoms with Gasteiger partial charge in [-0.2, -0.15) is 0 Å². The Bertz CT molecular complexity index is 522. The van der Waals surface area contributed by atoms with Gasteiger partial charge < -0.3 is 10.1 Å². The Morgan fingerprint density at radius 3 is 2.60 bits per heavy atom. The van der Waals surface area contributed by atoms with E-state index in [4.69, 9.17) is 4.74 Å². The van der Waals surface area contributed by atoms with Crippen LogP contribution < -0.4 is 10.1 Å². The number of fused-ring (bicyclic) bond motifs is 1. The molecule has 1 heterocycles. The average molecular weight is 273 g/mol. The Hall–Kier alpha value is -1.02. The maximum Gasteiger partial charge on any atom is 0.124 e. The zero-order valence-corrected chi connectivity index (χ0v) is 13.4. The minimum Gasteiger partial charge on any atom is -0.487 e. The molecule has 0 amide bonds. The fourth-order valence-electron chi connectivity index (χ4n) is 4.49. The molecule has 1 aromatic rings. The van der Waals surface area contributed by atoms with E-state index in [1.807, 2.05) is 0 Å². The summed E-state index contributed by atoms with van der Waals surface area (Å²) in [5, 5.41) is 3.51. The molecule has 1 spiro atoms. The Balaban J connectivity index is 2.01. The van der Waals surface area contributed by atoms with Gasteiger partial charge in [0.15, 0.2) is 0 Å². The van der Waals surface area contributed by atoms with Crippen molar-refractivity contribution < 1.29 is 4.74 Å². The zero-order chi connectivity index (χ0) is 14.5. The van der Waals surface area contributed by atoms with Crippen LogP contribution in [0.4, 0.5) is 0 Å². The number of ether oxygens (including phenoxy) is 1. The van der Waals surface area contributed by atoms with Crippen LogP contribution in [0.25, 0.3) is 0 Å². The van der Waals surface area contributed by atoms with Gasteiger partial charge in [0.2, 0.25) is 0 Å². The summed E-state index contributed by atoms with van der Waals surface area (Å²) < 4.78 is 6.58. The molecule has 3 rings (SSSR count). The van der Waals surface area contributed by atoms with Crippen molar-refractivity contribution in [2.45, 2.75) is 58.6 Å². The third-order valence-corrected chi connectivity index (χ3v) is 5.29. The Morgan fingerprint density at radius 2 is 2.00 bits per heavy atom. The summed E-state index contributed by atoms with van der Waals surface area (Å²) in [7, 11) is 2.07. The first-order valence-corrected chi connectivity index (χ1v) is 7.82. The highest BCUT2D eigenvalue weighted by Crippen LogP contribution is 2.55. The van der Waals surface area contributed by atoms with Crippen molar-refractivity contribution in [1.29, 1.82) is 0 Å². The predicted molar refractivity (Wildman–Crippen MR) is 83.1 cm³/mol. The maximum absolute atomic E-state index is 6.58. The van der Waals surface area contributed by atoms with Gasteiger partial charge in [-0.3, -0.25) is 0 Å². The molecule has 2 aliphatic rings. The molecule has 3 atom stereocenters. The quantitative estimate of drug-likeness (QED) is 0.826. The predicted octanol–water partition coefficient (Wildman–Crippen LogP) is 4.23. The first kappa shape index (κ1) is 13.9. The highest BCUT2D eigenvalue weighted by molar-refractivity contribution is 5.42. The van der Waals surface area contributed by atoms with E-state index < -0.39 is 0 Å². The smallest absolute Gasteiger partial charge is 0.124 e. The molecule has 1 aliphatic heterocycles. The SMILES string of the molecule is CNC1CC2(CC(C)(C)CC2C)Oc2ccc(C)cc21. The average Bonchev–Trinajstić information content (AvgIpc) is 2.58. The second kappa shape index (κ2) is 4.49. The number of hydrogen-bond donors (Lipinski definition) is 1. The minimum absolute atomic E-state index is 0.0133. The number of benzene rings is 1. The molecular weight excluding hydrogens is 246 g/mol. The molecular formula is C18H27NO. The van der Waals surface area contributed by atoms with Gasteiger partial charge >= 0.3 is 0 Å². The topological polar surface area (TPSA) is 21.3 Å². The van der Waals surface area contributed by atoms with E-state index in [-0.39, 0.29) is 5.60 Å². The highest BCUT2D eigenvalue weighted by Gasteiger charge is 2.53. The number of nitrogens with one attached hydrogen (secondary N) is 1. The van der Waals surface area contributed by atoms with Crippen LogP contribution in [0.5, 0.6) is 5.75 Å². The fourth-order valence-corrected chi connectivity index (χ4v) is 4.49. The van der Waals surface area contributed by atoms with Crippen LogP contribution in [0, 0.1) is 18.3 Å². The number of aryl methyl sites for hydroxylation is 1.